The molecule has 0 saturated carbocycles. The molecule has 182 valence electrons. The molecule has 0 bridgehead atoms. The highest BCUT2D eigenvalue weighted by atomic mass is 35.5. The molecule has 1 amide bonds. The van der Waals surface area contributed by atoms with Crippen LogP contribution in [0.25, 0.3) is 11.1 Å². The minimum atomic E-state index is -4.00. The molecule has 0 unspecified atom stereocenters. The first-order valence-electron chi connectivity index (χ1n) is 10.7. The van der Waals surface area contributed by atoms with Gasteiger partial charge in [-0.05, 0) is 45.4 Å². The summed E-state index contributed by atoms with van der Waals surface area (Å²) in [5.41, 5.74) is 9.40. The van der Waals surface area contributed by atoms with Crippen molar-refractivity contribution in [2.45, 2.75) is 39.1 Å². The van der Waals surface area contributed by atoms with Crippen molar-refractivity contribution in [1.29, 1.82) is 0 Å². The summed E-state index contributed by atoms with van der Waals surface area (Å²) in [6, 6.07) is 11.9. The molecule has 0 radical (unpaired) electrons. The number of halogens is 1. The van der Waals surface area contributed by atoms with E-state index in [1.165, 1.54) is 6.07 Å². The third-order valence-corrected chi connectivity index (χ3v) is 7.49. The Morgan fingerprint density at radius 3 is 2.43 bits per heavy atom. The lowest BCUT2D eigenvalue weighted by Crippen LogP contribution is -2.19. The van der Waals surface area contributed by atoms with Gasteiger partial charge in [-0.15, -0.1) is 0 Å². The van der Waals surface area contributed by atoms with Crippen LogP contribution in [-0.2, 0) is 16.6 Å². The molecule has 0 aliphatic heterocycles. The number of carbonyl (C=O) groups excluding carboxylic acids is 1. The van der Waals surface area contributed by atoms with E-state index in [9.17, 15) is 13.2 Å². The van der Waals surface area contributed by atoms with E-state index in [2.05, 4.69) is 14.9 Å². The molecule has 0 aliphatic rings. The van der Waals surface area contributed by atoms with E-state index in [1.807, 2.05) is 6.07 Å². The van der Waals surface area contributed by atoms with Crippen LogP contribution >= 0.6 is 11.6 Å². The zero-order valence-corrected chi connectivity index (χ0v) is 21.2. The Labute approximate surface area is 208 Å². The SMILES string of the molecule is Cc1noc(NS(=O)(=O)c2ccccc2-c2ccc(Cn3c(C)nc(C)c3C(N)=O)cc2Cl)c1C. The maximum Gasteiger partial charge on any atom is 0.267 e. The van der Waals surface area contributed by atoms with Crippen molar-refractivity contribution in [2.24, 2.45) is 5.73 Å². The van der Waals surface area contributed by atoms with Gasteiger partial charge in [-0.2, -0.15) is 0 Å². The number of aryl methyl sites for hydroxylation is 3. The van der Waals surface area contributed by atoms with Crippen molar-refractivity contribution in [1.82, 2.24) is 14.7 Å². The van der Waals surface area contributed by atoms with Gasteiger partial charge in [0.1, 0.15) is 11.5 Å². The third-order valence-electron chi connectivity index (χ3n) is 5.79. The van der Waals surface area contributed by atoms with Crippen molar-refractivity contribution in [3.8, 4) is 11.1 Å². The number of nitrogens with zero attached hydrogens (tertiary/aromatic N) is 3. The number of primary amides is 1. The zero-order valence-electron chi connectivity index (χ0n) is 19.6. The first-order valence-corrected chi connectivity index (χ1v) is 12.5. The number of nitrogens with one attached hydrogen (secondary N) is 1. The lowest BCUT2D eigenvalue weighted by atomic mass is 10.0. The Kier molecular flexibility index (Phi) is 6.44. The number of carbonyl (C=O) groups is 1. The fourth-order valence-electron chi connectivity index (χ4n) is 3.89. The average molecular weight is 514 g/mol. The highest BCUT2D eigenvalue weighted by Crippen LogP contribution is 2.35. The predicted molar refractivity (Wildman–Crippen MR) is 133 cm³/mol. The predicted octanol–water partition coefficient (Wildman–Crippen LogP) is 4.37. The number of imidazole rings is 1. The fraction of sp³-hybridized carbons (Fsp3) is 0.208. The van der Waals surface area contributed by atoms with Gasteiger partial charge in [-0.25, -0.2) is 18.1 Å². The Morgan fingerprint density at radius 2 is 1.80 bits per heavy atom. The molecule has 2 aromatic heterocycles. The van der Waals surface area contributed by atoms with Gasteiger partial charge in [0.05, 0.1) is 16.3 Å². The second-order valence-corrected chi connectivity index (χ2v) is 10.2. The number of hydrogen-bond donors (Lipinski definition) is 2. The summed E-state index contributed by atoms with van der Waals surface area (Å²) in [5.74, 6) is 0.154. The lowest BCUT2D eigenvalue weighted by molar-refractivity contribution is 0.0991. The molecule has 0 aliphatic carbocycles. The summed E-state index contributed by atoms with van der Waals surface area (Å²) in [6.45, 7) is 7.30. The second-order valence-electron chi connectivity index (χ2n) is 8.18. The number of nitrogens with two attached hydrogens (primary N) is 1. The maximum atomic E-state index is 13.2. The average Bonchev–Trinajstić information content (AvgIpc) is 3.25. The molecule has 0 saturated heterocycles. The highest BCUT2D eigenvalue weighted by Gasteiger charge is 2.24. The van der Waals surface area contributed by atoms with E-state index >= 15 is 0 Å². The van der Waals surface area contributed by atoms with Crippen molar-refractivity contribution in [3.63, 3.8) is 0 Å². The third kappa shape index (κ3) is 4.67. The molecule has 3 N–H and O–H groups in total. The molecule has 11 heteroatoms. The van der Waals surface area contributed by atoms with Crippen molar-refractivity contribution < 1.29 is 17.7 Å². The van der Waals surface area contributed by atoms with E-state index in [1.54, 1.807) is 62.6 Å². The monoisotopic (exact) mass is 513 g/mol. The standard InChI is InChI=1S/C24H24ClN5O4S/c1-13-14(2)28-34-24(13)29-35(32,33)21-8-6-5-7-19(21)18-10-9-17(11-20(18)25)12-30-16(4)27-15(3)22(30)23(26)31/h5-11,29H,12H2,1-4H3,(H2,26,31). The number of amides is 1. The van der Waals surface area contributed by atoms with Gasteiger partial charge in [0.25, 0.3) is 15.9 Å². The minimum absolute atomic E-state index is 0.0418. The van der Waals surface area contributed by atoms with Crippen molar-refractivity contribution in [2.75, 3.05) is 4.72 Å². The normalized spacial score (nSPS) is 11.6. The smallest absolute Gasteiger partial charge is 0.267 e. The van der Waals surface area contributed by atoms with Gasteiger partial charge >= 0.3 is 0 Å². The summed E-state index contributed by atoms with van der Waals surface area (Å²) in [7, 11) is -4.00. The van der Waals surface area contributed by atoms with E-state index in [0.717, 1.165) is 5.56 Å². The van der Waals surface area contributed by atoms with E-state index in [4.69, 9.17) is 21.9 Å². The van der Waals surface area contributed by atoms with Gasteiger partial charge < -0.3 is 14.8 Å². The minimum Gasteiger partial charge on any atom is -0.364 e. The number of hydrogen-bond acceptors (Lipinski definition) is 6. The zero-order chi connectivity index (χ0) is 25.5. The molecule has 4 rings (SSSR count). The maximum absolute atomic E-state index is 13.2. The fourth-order valence-corrected chi connectivity index (χ4v) is 5.46. The van der Waals surface area contributed by atoms with Crippen LogP contribution in [0.2, 0.25) is 5.02 Å². The van der Waals surface area contributed by atoms with E-state index in [0.29, 0.717) is 51.2 Å². The summed E-state index contributed by atoms with van der Waals surface area (Å²) >= 11 is 6.63. The largest absolute Gasteiger partial charge is 0.364 e. The molecule has 0 atom stereocenters. The van der Waals surface area contributed by atoms with Crippen LogP contribution in [0.1, 0.15) is 38.8 Å². The van der Waals surface area contributed by atoms with Crippen LogP contribution in [0.5, 0.6) is 0 Å². The van der Waals surface area contributed by atoms with E-state index in [-0.39, 0.29) is 10.8 Å². The number of rotatable bonds is 7. The quantitative estimate of drug-likeness (QED) is 0.377. The summed E-state index contributed by atoms with van der Waals surface area (Å²) in [6.07, 6.45) is 0. The second kappa shape index (κ2) is 9.20. The molecule has 0 fully saturated rings. The van der Waals surface area contributed by atoms with Crippen LogP contribution in [0.15, 0.2) is 51.9 Å². The van der Waals surface area contributed by atoms with Gasteiger partial charge in [-0.1, -0.05) is 47.1 Å². The Morgan fingerprint density at radius 1 is 1.09 bits per heavy atom. The number of aromatic nitrogens is 3. The van der Waals surface area contributed by atoms with Crippen LogP contribution < -0.4 is 10.5 Å². The number of anilines is 1. The van der Waals surface area contributed by atoms with E-state index < -0.39 is 15.9 Å². The first kappa shape index (κ1) is 24.5. The van der Waals surface area contributed by atoms with Gasteiger partial charge in [0.15, 0.2) is 0 Å². The molecule has 2 aromatic carbocycles. The Hall–Kier alpha value is -3.63. The Balaban J connectivity index is 1.70. The first-order chi connectivity index (χ1) is 16.5. The molecule has 35 heavy (non-hydrogen) atoms. The molecule has 4 aromatic rings. The number of sulfonamides is 1. The van der Waals surface area contributed by atoms with Gasteiger partial charge in [-0.3, -0.25) is 4.79 Å². The summed E-state index contributed by atoms with van der Waals surface area (Å²) < 4.78 is 35.8. The molecule has 2 heterocycles. The summed E-state index contributed by atoms with van der Waals surface area (Å²) in [4.78, 5) is 16.3. The van der Waals surface area contributed by atoms with Gasteiger partial charge in [0.2, 0.25) is 5.88 Å². The van der Waals surface area contributed by atoms with Crippen LogP contribution in [0.4, 0.5) is 5.88 Å². The Bertz CT molecular complexity index is 1560. The van der Waals surface area contributed by atoms with Crippen LogP contribution in [0.3, 0.4) is 0 Å². The molecular formula is C24H24ClN5O4S. The number of benzene rings is 2. The highest BCUT2D eigenvalue weighted by molar-refractivity contribution is 7.92. The lowest BCUT2D eigenvalue weighted by Gasteiger charge is -2.14. The van der Waals surface area contributed by atoms with Crippen LogP contribution in [0, 0.1) is 27.7 Å². The topological polar surface area (TPSA) is 133 Å². The van der Waals surface area contributed by atoms with Crippen LogP contribution in [-0.4, -0.2) is 29.0 Å². The molecular weight excluding hydrogens is 490 g/mol. The molecule has 0 spiro atoms. The van der Waals surface area contributed by atoms with Crippen molar-refractivity contribution in [3.05, 3.63) is 81.5 Å². The summed E-state index contributed by atoms with van der Waals surface area (Å²) in [5, 5.41) is 4.15. The molecule has 9 nitrogen and oxygen atoms in total. The van der Waals surface area contributed by atoms with Crippen molar-refractivity contribution >= 4 is 33.4 Å². The van der Waals surface area contributed by atoms with Gasteiger partial charge in [0, 0.05) is 28.3 Å².